The van der Waals surface area contributed by atoms with Crippen LogP contribution in [0.4, 0.5) is 9.52 Å². The number of hydrogen-bond donors (Lipinski definition) is 0. The molecule has 1 amide bonds. The molecule has 0 bridgehead atoms. The second-order valence-electron chi connectivity index (χ2n) is 6.03. The van der Waals surface area contributed by atoms with Crippen molar-refractivity contribution in [2.45, 2.75) is 26.7 Å². The summed E-state index contributed by atoms with van der Waals surface area (Å²) in [5.74, 6) is -0.686. The molecule has 3 aromatic rings. The Balaban J connectivity index is 1.93. The first kappa shape index (κ1) is 18.2. The van der Waals surface area contributed by atoms with Crippen molar-refractivity contribution in [1.29, 1.82) is 0 Å². The molecule has 0 aliphatic rings. The molecule has 6 heteroatoms. The summed E-state index contributed by atoms with van der Waals surface area (Å²) in [5, 5.41) is 9.81. The number of amides is 1. The summed E-state index contributed by atoms with van der Waals surface area (Å²) in [4.78, 5) is 14.5. The lowest BCUT2D eigenvalue weighted by Crippen LogP contribution is -2.32. The van der Waals surface area contributed by atoms with Gasteiger partial charge in [0.25, 0.3) is 5.91 Å². The van der Waals surface area contributed by atoms with E-state index in [9.17, 15) is 9.18 Å². The number of rotatable bonds is 6. The molecule has 0 atom stereocenters. The Labute approximate surface area is 156 Å². The first-order valence-electron chi connectivity index (χ1n) is 8.57. The van der Waals surface area contributed by atoms with Gasteiger partial charge in [-0.05, 0) is 37.1 Å². The van der Waals surface area contributed by atoms with Crippen LogP contribution in [-0.4, -0.2) is 22.6 Å². The first-order valence-corrected chi connectivity index (χ1v) is 9.38. The molecule has 0 aliphatic carbocycles. The van der Waals surface area contributed by atoms with Crippen LogP contribution in [0.5, 0.6) is 0 Å². The molecule has 0 aliphatic heterocycles. The van der Waals surface area contributed by atoms with Gasteiger partial charge in [0.15, 0.2) is 0 Å². The van der Waals surface area contributed by atoms with Crippen LogP contribution in [-0.2, 0) is 0 Å². The van der Waals surface area contributed by atoms with Crippen molar-refractivity contribution in [3.63, 3.8) is 0 Å². The van der Waals surface area contributed by atoms with Crippen LogP contribution < -0.4 is 4.90 Å². The van der Waals surface area contributed by atoms with Crippen LogP contribution in [0, 0.1) is 12.7 Å². The Morgan fingerprint density at radius 3 is 2.69 bits per heavy atom. The van der Waals surface area contributed by atoms with Gasteiger partial charge in [-0.15, -0.1) is 10.2 Å². The second kappa shape index (κ2) is 8.19. The smallest absolute Gasteiger partial charge is 0.260 e. The van der Waals surface area contributed by atoms with Gasteiger partial charge in [-0.2, -0.15) is 0 Å². The molecule has 134 valence electrons. The van der Waals surface area contributed by atoms with E-state index in [0.717, 1.165) is 29.0 Å². The third-order valence-corrected chi connectivity index (χ3v) is 5.05. The first-order chi connectivity index (χ1) is 12.6. The minimum atomic E-state index is -0.427. The molecule has 4 nitrogen and oxygen atoms in total. The van der Waals surface area contributed by atoms with Crippen LogP contribution in [0.1, 0.15) is 35.7 Å². The number of hydrogen-bond acceptors (Lipinski definition) is 4. The van der Waals surface area contributed by atoms with Crippen molar-refractivity contribution < 1.29 is 9.18 Å². The summed E-state index contributed by atoms with van der Waals surface area (Å²) in [7, 11) is 0. The number of unbranched alkanes of at least 4 members (excludes halogenated alkanes) is 1. The standard InChI is InChI=1S/C20H20FN3OS/c1-3-4-12-24(19(25)15-9-7-10-16(21)13-15)20-23-22-18(26-20)17-11-6-5-8-14(17)2/h5-11,13H,3-4,12H2,1-2H3. The summed E-state index contributed by atoms with van der Waals surface area (Å²) in [5.41, 5.74) is 2.42. The summed E-state index contributed by atoms with van der Waals surface area (Å²) in [6, 6.07) is 13.7. The maximum absolute atomic E-state index is 13.5. The van der Waals surface area contributed by atoms with Gasteiger partial charge in [0, 0.05) is 17.7 Å². The van der Waals surface area contributed by atoms with E-state index in [-0.39, 0.29) is 5.91 Å². The Hall–Kier alpha value is -2.60. The fraction of sp³-hybridized carbons (Fsp3) is 0.250. The minimum Gasteiger partial charge on any atom is -0.283 e. The molecule has 0 fully saturated rings. The molecule has 3 rings (SSSR count). The Kier molecular flexibility index (Phi) is 5.73. The Morgan fingerprint density at radius 1 is 1.15 bits per heavy atom. The number of aryl methyl sites for hydroxylation is 1. The average Bonchev–Trinajstić information content (AvgIpc) is 3.12. The van der Waals surface area contributed by atoms with E-state index in [2.05, 4.69) is 17.1 Å². The molecule has 1 heterocycles. The zero-order valence-corrected chi connectivity index (χ0v) is 15.6. The van der Waals surface area contributed by atoms with Crippen molar-refractivity contribution in [3.05, 3.63) is 65.5 Å². The lowest BCUT2D eigenvalue weighted by atomic mass is 10.1. The SMILES string of the molecule is CCCCN(C(=O)c1cccc(F)c1)c1nnc(-c2ccccc2C)s1. The van der Waals surface area contributed by atoms with Crippen LogP contribution in [0.25, 0.3) is 10.6 Å². The van der Waals surface area contributed by atoms with Crippen LogP contribution >= 0.6 is 11.3 Å². The third kappa shape index (κ3) is 3.96. The Morgan fingerprint density at radius 2 is 1.96 bits per heavy atom. The monoisotopic (exact) mass is 369 g/mol. The molecule has 0 spiro atoms. The van der Waals surface area contributed by atoms with E-state index in [4.69, 9.17) is 0 Å². The quantitative estimate of drug-likeness (QED) is 0.607. The van der Waals surface area contributed by atoms with Gasteiger partial charge in [0.2, 0.25) is 5.13 Å². The molecular weight excluding hydrogens is 349 g/mol. The predicted molar refractivity (Wildman–Crippen MR) is 103 cm³/mol. The van der Waals surface area contributed by atoms with E-state index < -0.39 is 5.82 Å². The van der Waals surface area contributed by atoms with Crippen LogP contribution in [0.2, 0.25) is 0 Å². The van der Waals surface area contributed by atoms with Crippen molar-refractivity contribution in [2.75, 3.05) is 11.4 Å². The zero-order valence-electron chi connectivity index (χ0n) is 14.8. The normalized spacial score (nSPS) is 10.7. The van der Waals surface area contributed by atoms with Crippen LogP contribution in [0.15, 0.2) is 48.5 Å². The van der Waals surface area contributed by atoms with Gasteiger partial charge in [-0.1, -0.05) is 55.0 Å². The molecule has 2 aromatic carbocycles. The molecule has 0 N–H and O–H groups in total. The predicted octanol–water partition coefficient (Wildman–Crippen LogP) is 5.10. The highest BCUT2D eigenvalue weighted by atomic mass is 32.1. The highest BCUT2D eigenvalue weighted by Gasteiger charge is 2.22. The summed E-state index contributed by atoms with van der Waals surface area (Å²) in [6.45, 7) is 4.60. The molecular formula is C20H20FN3OS. The van der Waals surface area contributed by atoms with Gasteiger partial charge in [0.1, 0.15) is 10.8 Å². The highest BCUT2D eigenvalue weighted by Crippen LogP contribution is 2.31. The minimum absolute atomic E-state index is 0.259. The van der Waals surface area contributed by atoms with Crippen molar-refractivity contribution in [2.24, 2.45) is 0 Å². The molecule has 1 aromatic heterocycles. The summed E-state index contributed by atoms with van der Waals surface area (Å²) >= 11 is 1.38. The fourth-order valence-electron chi connectivity index (χ4n) is 2.62. The number of benzene rings is 2. The lowest BCUT2D eigenvalue weighted by Gasteiger charge is -2.19. The van der Waals surface area contributed by atoms with Crippen molar-refractivity contribution >= 4 is 22.4 Å². The van der Waals surface area contributed by atoms with Gasteiger partial charge in [0.05, 0.1) is 0 Å². The third-order valence-electron chi connectivity index (χ3n) is 4.07. The number of carbonyl (C=O) groups excluding carboxylic acids is 1. The van der Waals surface area contributed by atoms with Gasteiger partial charge < -0.3 is 0 Å². The number of halogens is 1. The number of aromatic nitrogens is 2. The zero-order chi connectivity index (χ0) is 18.5. The van der Waals surface area contributed by atoms with E-state index in [0.29, 0.717) is 17.2 Å². The molecule has 0 unspecified atom stereocenters. The maximum atomic E-state index is 13.5. The van der Waals surface area contributed by atoms with E-state index in [1.165, 1.54) is 23.5 Å². The lowest BCUT2D eigenvalue weighted by molar-refractivity contribution is 0.0986. The largest absolute Gasteiger partial charge is 0.283 e. The summed E-state index contributed by atoms with van der Waals surface area (Å²) in [6.07, 6.45) is 1.77. The van der Waals surface area contributed by atoms with E-state index >= 15 is 0 Å². The van der Waals surface area contributed by atoms with Crippen LogP contribution in [0.3, 0.4) is 0 Å². The molecule has 0 radical (unpaired) electrons. The maximum Gasteiger partial charge on any atom is 0.260 e. The average molecular weight is 369 g/mol. The second-order valence-corrected chi connectivity index (χ2v) is 6.98. The van der Waals surface area contributed by atoms with Gasteiger partial charge in [-0.3, -0.25) is 9.69 Å². The highest BCUT2D eigenvalue weighted by molar-refractivity contribution is 7.18. The Bertz CT molecular complexity index is 909. The molecule has 0 saturated heterocycles. The molecule has 0 saturated carbocycles. The van der Waals surface area contributed by atoms with E-state index in [1.54, 1.807) is 17.0 Å². The molecule has 26 heavy (non-hydrogen) atoms. The van der Waals surface area contributed by atoms with Gasteiger partial charge in [-0.25, -0.2) is 4.39 Å². The topological polar surface area (TPSA) is 46.1 Å². The number of carbonyl (C=O) groups is 1. The number of anilines is 1. The van der Waals surface area contributed by atoms with Crippen molar-refractivity contribution in [3.8, 4) is 10.6 Å². The number of nitrogens with zero attached hydrogens (tertiary/aromatic N) is 3. The summed E-state index contributed by atoms with van der Waals surface area (Å²) < 4.78 is 13.5. The van der Waals surface area contributed by atoms with Crippen molar-refractivity contribution in [1.82, 2.24) is 10.2 Å². The fourth-order valence-corrected chi connectivity index (χ4v) is 3.58. The van der Waals surface area contributed by atoms with Gasteiger partial charge >= 0.3 is 0 Å². The van der Waals surface area contributed by atoms with E-state index in [1.807, 2.05) is 31.2 Å².